The highest BCUT2D eigenvalue weighted by molar-refractivity contribution is 7.89. The molecule has 0 amide bonds. The first kappa shape index (κ1) is 16.4. The Morgan fingerprint density at radius 3 is 2.62 bits per heavy atom. The smallest absolute Gasteiger partial charge is 0.310 e. The Morgan fingerprint density at radius 1 is 1.33 bits per heavy atom. The molecule has 1 saturated carbocycles. The van der Waals surface area contributed by atoms with Crippen molar-refractivity contribution in [3.05, 3.63) is 12.2 Å². The van der Waals surface area contributed by atoms with Crippen LogP contribution in [0, 0.1) is 11.8 Å². The second-order valence-corrected chi connectivity index (χ2v) is 7.57. The zero-order valence-corrected chi connectivity index (χ0v) is 12.3. The third-order valence-corrected chi connectivity index (χ3v) is 5.57. The van der Waals surface area contributed by atoms with Crippen LogP contribution in [-0.4, -0.2) is 37.2 Å². The van der Waals surface area contributed by atoms with Gasteiger partial charge in [-0.25, -0.2) is 21.9 Å². The van der Waals surface area contributed by atoms with Gasteiger partial charge in [0.25, 0.3) is 5.92 Å². The van der Waals surface area contributed by atoms with E-state index in [2.05, 4.69) is 4.72 Å². The predicted molar refractivity (Wildman–Crippen MR) is 72.5 cm³/mol. The molecule has 0 heterocycles. The fourth-order valence-corrected chi connectivity index (χ4v) is 4.56. The minimum atomic E-state index is -3.86. The van der Waals surface area contributed by atoms with E-state index in [-0.39, 0.29) is 19.3 Å². The van der Waals surface area contributed by atoms with E-state index in [0.29, 0.717) is 12.8 Å². The lowest BCUT2D eigenvalue weighted by molar-refractivity contribution is -0.140. The standard InChI is InChI=1S/C13H19F2NO4S/c14-13(15)6-2-1-3-10(13)8-21(19,20)16-11-5-4-9(7-11)12(17)18/h4-5,9-11,16H,1-3,6-8H2,(H,17,18). The number of carboxylic acids is 1. The first-order chi connectivity index (χ1) is 9.70. The van der Waals surface area contributed by atoms with Crippen LogP contribution >= 0.6 is 0 Å². The normalized spacial score (nSPS) is 32.2. The molecular formula is C13H19F2NO4S. The molecule has 0 aromatic heterocycles. The number of halogens is 2. The largest absolute Gasteiger partial charge is 0.481 e. The van der Waals surface area contributed by atoms with Crippen LogP contribution in [0.5, 0.6) is 0 Å². The Kier molecular flexibility index (Phi) is 4.67. The number of hydrogen-bond donors (Lipinski definition) is 2. The van der Waals surface area contributed by atoms with Crippen molar-refractivity contribution >= 4 is 16.0 Å². The average Bonchev–Trinajstić information content (AvgIpc) is 2.79. The molecule has 2 aliphatic carbocycles. The number of aliphatic carboxylic acids is 1. The van der Waals surface area contributed by atoms with Gasteiger partial charge in [0.1, 0.15) is 0 Å². The molecule has 0 spiro atoms. The molecule has 2 aliphatic rings. The molecule has 0 aromatic carbocycles. The summed E-state index contributed by atoms with van der Waals surface area (Å²) in [4.78, 5) is 10.8. The van der Waals surface area contributed by atoms with Crippen LogP contribution in [0.1, 0.15) is 32.1 Å². The van der Waals surface area contributed by atoms with Crippen LogP contribution in [0.2, 0.25) is 0 Å². The number of nitrogens with one attached hydrogen (secondary N) is 1. The number of alkyl halides is 2. The molecule has 0 aromatic rings. The molecule has 1 fully saturated rings. The van der Waals surface area contributed by atoms with E-state index in [9.17, 15) is 22.0 Å². The van der Waals surface area contributed by atoms with Crippen LogP contribution in [0.3, 0.4) is 0 Å². The first-order valence-electron chi connectivity index (χ1n) is 6.98. The van der Waals surface area contributed by atoms with Crippen LogP contribution in [0.4, 0.5) is 8.78 Å². The fourth-order valence-electron chi connectivity index (χ4n) is 2.89. The minimum Gasteiger partial charge on any atom is -0.481 e. The summed E-state index contributed by atoms with van der Waals surface area (Å²) in [6, 6.07) is -0.631. The lowest BCUT2D eigenvalue weighted by atomic mass is 9.87. The molecule has 3 unspecified atom stereocenters. The maximum absolute atomic E-state index is 13.7. The number of hydrogen-bond acceptors (Lipinski definition) is 3. The summed E-state index contributed by atoms with van der Waals surface area (Å²) in [5.41, 5.74) is 0. The van der Waals surface area contributed by atoms with Crippen molar-refractivity contribution < 1.29 is 27.1 Å². The summed E-state index contributed by atoms with van der Waals surface area (Å²) < 4.78 is 53.7. The Labute approximate surface area is 122 Å². The molecule has 0 aliphatic heterocycles. The lowest BCUT2D eigenvalue weighted by Gasteiger charge is -2.31. The van der Waals surface area contributed by atoms with E-state index >= 15 is 0 Å². The van der Waals surface area contributed by atoms with Gasteiger partial charge in [0.05, 0.1) is 11.7 Å². The van der Waals surface area contributed by atoms with Crippen LogP contribution < -0.4 is 4.72 Å². The van der Waals surface area contributed by atoms with Crippen molar-refractivity contribution in [2.45, 2.75) is 44.1 Å². The molecule has 120 valence electrons. The Balaban J connectivity index is 1.94. The number of sulfonamides is 1. The maximum Gasteiger partial charge on any atom is 0.310 e. The highest BCUT2D eigenvalue weighted by atomic mass is 32.2. The van der Waals surface area contributed by atoms with Gasteiger partial charge in [0.15, 0.2) is 0 Å². The van der Waals surface area contributed by atoms with E-state index in [1.807, 2.05) is 0 Å². The van der Waals surface area contributed by atoms with E-state index < -0.39 is 45.5 Å². The maximum atomic E-state index is 13.7. The summed E-state index contributed by atoms with van der Waals surface area (Å²) in [6.07, 6.45) is 3.97. The van der Waals surface area contributed by atoms with Crippen molar-refractivity contribution in [3.8, 4) is 0 Å². The zero-order chi connectivity index (χ0) is 15.7. The van der Waals surface area contributed by atoms with E-state index in [4.69, 9.17) is 5.11 Å². The predicted octanol–water partition coefficient (Wildman–Crippen LogP) is 1.76. The van der Waals surface area contributed by atoms with Crippen molar-refractivity contribution in [1.29, 1.82) is 0 Å². The van der Waals surface area contributed by atoms with Crippen LogP contribution in [0.25, 0.3) is 0 Å². The van der Waals surface area contributed by atoms with Crippen LogP contribution in [0.15, 0.2) is 12.2 Å². The molecule has 0 saturated heterocycles. The summed E-state index contributed by atoms with van der Waals surface area (Å²) in [5.74, 6) is -6.46. The highest BCUT2D eigenvalue weighted by Gasteiger charge is 2.43. The zero-order valence-electron chi connectivity index (χ0n) is 11.5. The van der Waals surface area contributed by atoms with Crippen molar-refractivity contribution in [3.63, 3.8) is 0 Å². The molecular weight excluding hydrogens is 304 g/mol. The van der Waals surface area contributed by atoms with Gasteiger partial charge in [-0.15, -0.1) is 0 Å². The fraction of sp³-hybridized carbons (Fsp3) is 0.769. The van der Waals surface area contributed by atoms with E-state index in [0.717, 1.165) is 0 Å². The Bertz CT molecular complexity index is 532. The number of carbonyl (C=O) groups is 1. The van der Waals surface area contributed by atoms with Crippen molar-refractivity contribution in [2.24, 2.45) is 11.8 Å². The molecule has 0 radical (unpaired) electrons. The summed E-state index contributed by atoms with van der Waals surface area (Å²) >= 11 is 0. The SMILES string of the molecule is O=C(O)C1C=CC(NS(=O)(=O)CC2CCCCC2(F)F)C1. The minimum absolute atomic E-state index is 0.121. The molecule has 3 atom stereocenters. The van der Waals surface area contributed by atoms with Gasteiger partial charge in [-0.2, -0.15) is 0 Å². The second-order valence-electron chi connectivity index (χ2n) is 5.77. The third-order valence-electron chi connectivity index (χ3n) is 4.06. The highest BCUT2D eigenvalue weighted by Crippen LogP contribution is 2.39. The number of carboxylic acid groups (broad SMARTS) is 1. The van der Waals surface area contributed by atoms with Gasteiger partial charge >= 0.3 is 5.97 Å². The number of rotatable bonds is 5. The summed E-state index contributed by atoms with van der Waals surface area (Å²) in [6.45, 7) is 0. The lowest BCUT2D eigenvalue weighted by Crippen LogP contribution is -2.42. The van der Waals surface area contributed by atoms with E-state index in [1.165, 1.54) is 12.2 Å². The molecule has 21 heavy (non-hydrogen) atoms. The van der Waals surface area contributed by atoms with Crippen LogP contribution in [-0.2, 0) is 14.8 Å². The quantitative estimate of drug-likeness (QED) is 0.755. The summed E-state index contributed by atoms with van der Waals surface area (Å²) in [7, 11) is -3.86. The monoisotopic (exact) mass is 323 g/mol. The van der Waals surface area contributed by atoms with Gasteiger partial charge in [-0.3, -0.25) is 4.79 Å². The third kappa shape index (κ3) is 4.23. The van der Waals surface area contributed by atoms with Gasteiger partial charge in [0, 0.05) is 18.4 Å². The second kappa shape index (κ2) is 6.00. The summed E-state index contributed by atoms with van der Waals surface area (Å²) in [5, 5.41) is 8.83. The molecule has 2 N–H and O–H groups in total. The van der Waals surface area contributed by atoms with Crippen molar-refractivity contribution in [1.82, 2.24) is 4.72 Å². The van der Waals surface area contributed by atoms with Gasteiger partial charge in [-0.05, 0) is 19.3 Å². The molecule has 8 heteroatoms. The van der Waals surface area contributed by atoms with Crippen molar-refractivity contribution in [2.75, 3.05) is 5.75 Å². The van der Waals surface area contributed by atoms with Gasteiger partial charge in [0.2, 0.25) is 10.0 Å². The molecule has 5 nitrogen and oxygen atoms in total. The Hall–Kier alpha value is -1.02. The van der Waals surface area contributed by atoms with Gasteiger partial charge in [-0.1, -0.05) is 18.6 Å². The first-order valence-corrected chi connectivity index (χ1v) is 8.64. The molecule has 0 bridgehead atoms. The van der Waals surface area contributed by atoms with Gasteiger partial charge < -0.3 is 5.11 Å². The topological polar surface area (TPSA) is 83.5 Å². The average molecular weight is 323 g/mol. The Morgan fingerprint density at radius 2 is 2.05 bits per heavy atom. The van der Waals surface area contributed by atoms with E-state index in [1.54, 1.807) is 0 Å². The molecule has 2 rings (SSSR count).